The summed E-state index contributed by atoms with van der Waals surface area (Å²) in [4.78, 5) is 6.86. The first-order valence-corrected chi connectivity index (χ1v) is 9.44. The standard InChI is InChI=1S/C21H27FN4O.HI/c1-2-23-21(24-14-20(27)16-8-10-17(22)11-9-16)25-18-12-13-26(15-18)19-6-4-3-5-7-19;/h3-11,18,20,27H,2,12-15H2,1H3,(H2,23,24,25);1H. The van der Waals surface area contributed by atoms with Gasteiger partial charge in [-0.2, -0.15) is 0 Å². The molecule has 0 aromatic heterocycles. The molecule has 1 aliphatic rings. The molecule has 0 radical (unpaired) electrons. The van der Waals surface area contributed by atoms with Crippen LogP contribution in [0.25, 0.3) is 0 Å². The van der Waals surface area contributed by atoms with Gasteiger partial charge < -0.3 is 20.6 Å². The molecule has 0 bridgehead atoms. The van der Waals surface area contributed by atoms with E-state index in [9.17, 15) is 9.50 Å². The van der Waals surface area contributed by atoms with Gasteiger partial charge in [-0.1, -0.05) is 30.3 Å². The number of aliphatic imine (C=N–C) groups is 1. The summed E-state index contributed by atoms with van der Waals surface area (Å²) in [5.74, 6) is 0.382. The van der Waals surface area contributed by atoms with Crippen molar-refractivity contribution in [2.75, 3.05) is 31.1 Å². The van der Waals surface area contributed by atoms with Crippen molar-refractivity contribution in [3.63, 3.8) is 0 Å². The smallest absolute Gasteiger partial charge is 0.191 e. The number of para-hydroxylation sites is 1. The number of rotatable bonds is 6. The van der Waals surface area contributed by atoms with Crippen LogP contribution in [-0.4, -0.2) is 43.3 Å². The Bertz CT molecular complexity index is 742. The molecule has 5 nitrogen and oxygen atoms in total. The monoisotopic (exact) mass is 498 g/mol. The van der Waals surface area contributed by atoms with Crippen LogP contribution in [0.5, 0.6) is 0 Å². The van der Waals surface area contributed by atoms with Crippen molar-refractivity contribution in [1.82, 2.24) is 10.6 Å². The van der Waals surface area contributed by atoms with Gasteiger partial charge in [-0.05, 0) is 43.2 Å². The fourth-order valence-corrected chi connectivity index (χ4v) is 3.23. The average molecular weight is 498 g/mol. The molecule has 2 aromatic rings. The number of nitrogens with one attached hydrogen (secondary N) is 2. The summed E-state index contributed by atoms with van der Waals surface area (Å²) < 4.78 is 13.0. The van der Waals surface area contributed by atoms with Crippen molar-refractivity contribution in [2.24, 2.45) is 4.99 Å². The minimum atomic E-state index is -0.759. The number of aliphatic hydroxyl groups excluding tert-OH is 1. The van der Waals surface area contributed by atoms with E-state index < -0.39 is 6.10 Å². The predicted octanol–water partition coefficient (Wildman–Crippen LogP) is 3.31. The Labute approximate surface area is 183 Å². The van der Waals surface area contributed by atoms with E-state index in [1.165, 1.54) is 17.8 Å². The SMILES string of the molecule is CCNC(=NCC(O)c1ccc(F)cc1)NC1CCN(c2ccccc2)C1.I. The highest BCUT2D eigenvalue weighted by Gasteiger charge is 2.23. The molecule has 3 N–H and O–H groups in total. The van der Waals surface area contributed by atoms with Gasteiger partial charge in [-0.3, -0.25) is 4.99 Å². The minimum Gasteiger partial charge on any atom is -0.386 e. The van der Waals surface area contributed by atoms with E-state index >= 15 is 0 Å². The van der Waals surface area contributed by atoms with Gasteiger partial charge in [0.2, 0.25) is 0 Å². The molecule has 2 atom stereocenters. The maximum atomic E-state index is 13.0. The van der Waals surface area contributed by atoms with E-state index in [1.807, 2.05) is 13.0 Å². The number of hydrogen-bond donors (Lipinski definition) is 3. The molecule has 1 heterocycles. The fourth-order valence-electron chi connectivity index (χ4n) is 3.23. The van der Waals surface area contributed by atoms with E-state index in [4.69, 9.17) is 0 Å². The van der Waals surface area contributed by atoms with Gasteiger partial charge in [-0.15, -0.1) is 24.0 Å². The van der Waals surface area contributed by atoms with Gasteiger partial charge in [0.15, 0.2) is 5.96 Å². The van der Waals surface area contributed by atoms with E-state index in [0.717, 1.165) is 26.1 Å². The molecule has 28 heavy (non-hydrogen) atoms. The molecular weight excluding hydrogens is 470 g/mol. The van der Waals surface area contributed by atoms with Crippen molar-refractivity contribution in [2.45, 2.75) is 25.5 Å². The lowest BCUT2D eigenvalue weighted by Gasteiger charge is -2.20. The summed E-state index contributed by atoms with van der Waals surface area (Å²) in [6, 6.07) is 16.6. The first-order chi connectivity index (χ1) is 13.2. The maximum Gasteiger partial charge on any atom is 0.191 e. The van der Waals surface area contributed by atoms with Crippen molar-refractivity contribution in [3.05, 3.63) is 66.0 Å². The third-order valence-corrected chi connectivity index (χ3v) is 4.67. The molecule has 1 fully saturated rings. The van der Waals surface area contributed by atoms with Crippen LogP contribution in [0, 0.1) is 5.82 Å². The molecule has 2 unspecified atom stereocenters. The molecule has 0 spiro atoms. The molecule has 7 heteroatoms. The second-order valence-electron chi connectivity index (χ2n) is 6.70. The Hall–Kier alpha value is -1.87. The third kappa shape index (κ3) is 6.34. The maximum absolute atomic E-state index is 13.0. The van der Waals surface area contributed by atoms with Crippen LogP contribution in [0.3, 0.4) is 0 Å². The molecule has 0 saturated carbocycles. The summed E-state index contributed by atoms with van der Waals surface area (Å²) in [7, 11) is 0. The zero-order valence-electron chi connectivity index (χ0n) is 16.0. The van der Waals surface area contributed by atoms with Crippen molar-refractivity contribution < 1.29 is 9.50 Å². The Morgan fingerprint density at radius 2 is 1.93 bits per heavy atom. The number of benzene rings is 2. The summed E-state index contributed by atoms with van der Waals surface area (Å²) in [6.07, 6.45) is 0.269. The lowest BCUT2D eigenvalue weighted by Crippen LogP contribution is -2.44. The van der Waals surface area contributed by atoms with E-state index in [2.05, 4.69) is 44.8 Å². The first kappa shape index (κ1) is 22.4. The molecule has 2 aromatic carbocycles. The van der Waals surface area contributed by atoms with Crippen LogP contribution in [0.2, 0.25) is 0 Å². The summed E-state index contributed by atoms with van der Waals surface area (Å²) in [6.45, 7) is 4.89. The van der Waals surface area contributed by atoms with E-state index in [0.29, 0.717) is 17.6 Å². The molecule has 152 valence electrons. The number of halogens is 2. The third-order valence-electron chi connectivity index (χ3n) is 4.67. The van der Waals surface area contributed by atoms with Crippen LogP contribution in [-0.2, 0) is 0 Å². The Morgan fingerprint density at radius 3 is 2.61 bits per heavy atom. The number of hydrogen-bond acceptors (Lipinski definition) is 3. The molecule has 1 aliphatic heterocycles. The number of anilines is 1. The lowest BCUT2D eigenvalue weighted by molar-refractivity contribution is 0.187. The zero-order chi connectivity index (χ0) is 19.1. The molecule has 0 aliphatic carbocycles. The van der Waals surface area contributed by atoms with Crippen LogP contribution in [0.15, 0.2) is 59.6 Å². The highest BCUT2D eigenvalue weighted by molar-refractivity contribution is 14.0. The van der Waals surface area contributed by atoms with Crippen molar-refractivity contribution >= 4 is 35.6 Å². The van der Waals surface area contributed by atoms with Crippen molar-refractivity contribution in [3.8, 4) is 0 Å². The lowest BCUT2D eigenvalue weighted by atomic mass is 10.1. The van der Waals surface area contributed by atoms with Gasteiger partial charge in [0.1, 0.15) is 5.82 Å². The van der Waals surface area contributed by atoms with Gasteiger partial charge >= 0.3 is 0 Å². The normalized spacial score (nSPS) is 17.8. The van der Waals surface area contributed by atoms with E-state index in [1.54, 1.807) is 12.1 Å². The minimum absolute atomic E-state index is 0. The average Bonchev–Trinajstić information content (AvgIpc) is 3.16. The van der Waals surface area contributed by atoms with Crippen LogP contribution in [0.4, 0.5) is 10.1 Å². The highest BCUT2D eigenvalue weighted by Crippen LogP contribution is 2.19. The second kappa shape index (κ2) is 11.2. The zero-order valence-corrected chi connectivity index (χ0v) is 18.3. The quantitative estimate of drug-likeness (QED) is 0.325. The van der Waals surface area contributed by atoms with Gasteiger partial charge in [0.05, 0.1) is 12.6 Å². The predicted molar refractivity (Wildman–Crippen MR) is 123 cm³/mol. The fraction of sp³-hybridized carbons (Fsp3) is 0.381. The molecule has 0 amide bonds. The Kier molecular flexibility index (Phi) is 8.98. The van der Waals surface area contributed by atoms with Crippen LogP contribution >= 0.6 is 24.0 Å². The topological polar surface area (TPSA) is 59.9 Å². The highest BCUT2D eigenvalue weighted by atomic mass is 127. The summed E-state index contributed by atoms with van der Waals surface area (Å²) >= 11 is 0. The Balaban J connectivity index is 0.00000280. The first-order valence-electron chi connectivity index (χ1n) is 9.44. The van der Waals surface area contributed by atoms with Gasteiger partial charge in [0, 0.05) is 31.4 Å². The molecule has 3 rings (SSSR count). The van der Waals surface area contributed by atoms with Crippen LogP contribution < -0.4 is 15.5 Å². The van der Waals surface area contributed by atoms with Crippen molar-refractivity contribution in [1.29, 1.82) is 0 Å². The number of nitrogens with zero attached hydrogens (tertiary/aromatic N) is 2. The van der Waals surface area contributed by atoms with E-state index in [-0.39, 0.29) is 36.3 Å². The number of guanidine groups is 1. The molecular formula is C21H28FIN4O. The van der Waals surface area contributed by atoms with Gasteiger partial charge in [-0.25, -0.2) is 4.39 Å². The van der Waals surface area contributed by atoms with Crippen LogP contribution in [0.1, 0.15) is 25.0 Å². The second-order valence-corrected chi connectivity index (χ2v) is 6.70. The summed E-state index contributed by atoms with van der Waals surface area (Å²) in [5.41, 5.74) is 1.89. The Morgan fingerprint density at radius 1 is 1.21 bits per heavy atom. The molecule has 1 saturated heterocycles. The summed E-state index contributed by atoms with van der Waals surface area (Å²) in [5, 5.41) is 17.0. The van der Waals surface area contributed by atoms with Gasteiger partial charge in [0.25, 0.3) is 0 Å². The number of aliphatic hydroxyl groups is 1. The largest absolute Gasteiger partial charge is 0.386 e.